The molecule has 0 bridgehead atoms. The van der Waals surface area contributed by atoms with Gasteiger partial charge in [-0.15, -0.1) is 0 Å². The summed E-state index contributed by atoms with van der Waals surface area (Å²) in [7, 11) is 0. The van der Waals surface area contributed by atoms with Crippen molar-refractivity contribution in [3.05, 3.63) is 23.8 Å². The maximum atomic E-state index is 10.3. The minimum atomic E-state index is -0.0460. The molecule has 4 rings (SSSR count). The van der Waals surface area contributed by atoms with Crippen molar-refractivity contribution >= 4 is 0 Å². The van der Waals surface area contributed by atoms with Gasteiger partial charge in [0.05, 0.1) is 6.10 Å². The first-order chi connectivity index (χ1) is 14.2. The molecule has 0 aromatic heterocycles. The van der Waals surface area contributed by atoms with Crippen LogP contribution in [0.2, 0.25) is 0 Å². The van der Waals surface area contributed by atoms with Crippen LogP contribution in [0.5, 0.6) is 0 Å². The zero-order chi connectivity index (χ0) is 21.7. The molecule has 0 radical (unpaired) electrons. The Balaban J connectivity index is 1.54. The van der Waals surface area contributed by atoms with Crippen molar-refractivity contribution in [1.82, 2.24) is 0 Å². The Kier molecular flexibility index (Phi) is 6.35. The third-order valence-electron chi connectivity index (χ3n) is 10.7. The second kappa shape index (κ2) is 8.42. The molecular formula is C29H48O. The summed E-state index contributed by atoms with van der Waals surface area (Å²) in [5.74, 6) is 5.42. The second-order valence-corrected chi connectivity index (χ2v) is 12.4. The van der Waals surface area contributed by atoms with Crippen LogP contribution in [-0.4, -0.2) is 11.2 Å². The van der Waals surface area contributed by atoms with Gasteiger partial charge in [0.1, 0.15) is 0 Å². The number of allylic oxidation sites excluding steroid dienone is 4. The van der Waals surface area contributed by atoms with Crippen LogP contribution in [0.4, 0.5) is 0 Å². The molecule has 4 aliphatic carbocycles. The molecule has 0 amide bonds. The van der Waals surface area contributed by atoms with E-state index in [9.17, 15) is 5.11 Å². The Bertz CT molecular complexity index is 674. The normalized spacial score (nSPS) is 45.6. The number of aliphatic hydroxyl groups is 1. The SMILES string of the molecule is CC[C@H](/C=C/[C@@H](C)[C@H]1CC[C@H]2[C@@H]3CC[C@H]4C[C@@H](O)CC[C@]4(C)C3=CC[C@]12C)C(C)C. The molecule has 0 aliphatic heterocycles. The first kappa shape index (κ1) is 22.6. The molecule has 0 aromatic rings. The van der Waals surface area contributed by atoms with Crippen LogP contribution in [0, 0.1) is 52.3 Å². The largest absolute Gasteiger partial charge is 0.393 e. The van der Waals surface area contributed by atoms with E-state index in [-0.39, 0.29) is 6.10 Å². The maximum Gasteiger partial charge on any atom is 0.0543 e. The summed E-state index contributed by atoms with van der Waals surface area (Å²) >= 11 is 0. The third-order valence-corrected chi connectivity index (χ3v) is 10.7. The number of aliphatic hydroxyl groups excluding tert-OH is 1. The highest BCUT2D eigenvalue weighted by atomic mass is 16.3. The van der Waals surface area contributed by atoms with E-state index in [1.54, 1.807) is 0 Å². The van der Waals surface area contributed by atoms with Crippen LogP contribution in [0.1, 0.15) is 99.3 Å². The lowest BCUT2D eigenvalue weighted by atomic mass is 9.48. The summed E-state index contributed by atoms with van der Waals surface area (Å²) in [5, 5.41) is 10.3. The summed E-state index contributed by atoms with van der Waals surface area (Å²) in [6, 6.07) is 0. The lowest BCUT2D eigenvalue weighted by Crippen LogP contribution is -2.48. The molecule has 0 aromatic carbocycles. The minimum Gasteiger partial charge on any atom is -0.393 e. The second-order valence-electron chi connectivity index (χ2n) is 12.4. The van der Waals surface area contributed by atoms with E-state index in [0.717, 1.165) is 42.4 Å². The molecule has 1 nitrogen and oxygen atoms in total. The van der Waals surface area contributed by atoms with Crippen LogP contribution < -0.4 is 0 Å². The van der Waals surface area contributed by atoms with Gasteiger partial charge >= 0.3 is 0 Å². The third kappa shape index (κ3) is 3.66. The highest BCUT2D eigenvalue weighted by molar-refractivity contribution is 5.29. The van der Waals surface area contributed by atoms with Crippen molar-refractivity contribution in [2.24, 2.45) is 52.3 Å². The van der Waals surface area contributed by atoms with Gasteiger partial charge < -0.3 is 5.11 Å². The van der Waals surface area contributed by atoms with Crippen molar-refractivity contribution in [2.45, 2.75) is 105 Å². The van der Waals surface area contributed by atoms with E-state index in [2.05, 4.69) is 59.8 Å². The first-order valence-electron chi connectivity index (χ1n) is 13.3. The first-order valence-corrected chi connectivity index (χ1v) is 13.3. The van der Waals surface area contributed by atoms with Gasteiger partial charge in [0.15, 0.2) is 0 Å². The van der Waals surface area contributed by atoms with Gasteiger partial charge in [0.25, 0.3) is 0 Å². The summed E-state index contributed by atoms with van der Waals surface area (Å²) in [6.07, 6.45) is 19.2. The molecule has 0 spiro atoms. The molecule has 3 fully saturated rings. The topological polar surface area (TPSA) is 20.2 Å². The molecule has 0 heterocycles. The van der Waals surface area contributed by atoms with E-state index in [1.807, 2.05) is 5.57 Å². The maximum absolute atomic E-state index is 10.3. The van der Waals surface area contributed by atoms with Gasteiger partial charge in [-0.3, -0.25) is 0 Å². The van der Waals surface area contributed by atoms with Crippen molar-refractivity contribution in [2.75, 3.05) is 0 Å². The molecule has 170 valence electrons. The van der Waals surface area contributed by atoms with E-state index in [0.29, 0.717) is 22.7 Å². The lowest BCUT2D eigenvalue weighted by molar-refractivity contribution is -0.0141. The molecule has 9 atom stereocenters. The quantitative estimate of drug-likeness (QED) is 0.457. The minimum absolute atomic E-state index is 0.0460. The van der Waals surface area contributed by atoms with E-state index < -0.39 is 0 Å². The molecule has 1 heteroatoms. The van der Waals surface area contributed by atoms with Crippen LogP contribution in [-0.2, 0) is 0 Å². The average Bonchev–Trinajstić information content (AvgIpc) is 3.06. The van der Waals surface area contributed by atoms with Gasteiger partial charge in [-0.2, -0.15) is 0 Å². The van der Waals surface area contributed by atoms with E-state index in [4.69, 9.17) is 0 Å². The lowest BCUT2D eigenvalue weighted by Gasteiger charge is -2.57. The Hall–Kier alpha value is -0.560. The van der Waals surface area contributed by atoms with Gasteiger partial charge in [0.2, 0.25) is 0 Å². The van der Waals surface area contributed by atoms with Crippen molar-refractivity contribution in [3.8, 4) is 0 Å². The Morgan fingerprint density at radius 1 is 1.07 bits per heavy atom. The monoisotopic (exact) mass is 412 g/mol. The van der Waals surface area contributed by atoms with E-state index in [1.165, 1.54) is 44.9 Å². The zero-order valence-electron chi connectivity index (χ0n) is 20.7. The zero-order valence-corrected chi connectivity index (χ0v) is 20.7. The molecule has 0 saturated heterocycles. The van der Waals surface area contributed by atoms with Crippen LogP contribution in [0.3, 0.4) is 0 Å². The van der Waals surface area contributed by atoms with Gasteiger partial charge in [-0.25, -0.2) is 0 Å². The van der Waals surface area contributed by atoms with Crippen molar-refractivity contribution in [1.29, 1.82) is 0 Å². The van der Waals surface area contributed by atoms with Crippen molar-refractivity contribution in [3.63, 3.8) is 0 Å². The van der Waals surface area contributed by atoms with Crippen LogP contribution in [0.25, 0.3) is 0 Å². The standard InChI is InChI=1S/C29H48O/c1-7-21(19(2)3)9-8-20(4)25-12-13-26-24-11-10-22-18-23(30)14-16-28(22,5)27(24)15-17-29(25,26)6/h8-9,15,19-26,30H,7,10-14,16-18H2,1-6H3/b9-8+/t20-,21-,22+,23+,24+,25-,26+,28+,29-/m1/s1. The van der Waals surface area contributed by atoms with Crippen molar-refractivity contribution < 1.29 is 5.11 Å². The molecule has 0 unspecified atom stereocenters. The smallest absolute Gasteiger partial charge is 0.0543 e. The summed E-state index contributed by atoms with van der Waals surface area (Å²) in [5.41, 5.74) is 2.68. The number of fused-ring (bicyclic) bond motifs is 5. The van der Waals surface area contributed by atoms with Gasteiger partial charge in [-0.05, 0) is 110 Å². The molecule has 30 heavy (non-hydrogen) atoms. The highest BCUT2D eigenvalue weighted by Gasteiger charge is 2.57. The Morgan fingerprint density at radius 3 is 2.53 bits per heavy atom. The highest BCUT2D eigenvalue weighted by Crippen LogP contribution is 2.66. The fourth-order valence-corrected chi connectivity index (χ4v) is 8.69. The van der Waals surface area contributed by atoms with Crippen LogP contribution >= 0.6 is 0 Å². The number of hydrogen-bond acceptors (Lipinski definition) is 1. The molecule has 4 aliphatic rings. The summed E-state index contributed by atoms with van der Waals surface area (Å²) in [6.45, 7) is 14.8. The number of hydrogen-bond donors (Lipinski definition) is 1. The fraction of sp³-hybridized carbons (Fsp3) is 0.862. The van der Waals surface area contributed by atoms with Gasteiger partial charge in [0, 0.05) is 0 Å². The Labute approximate surface area is 186 Å². The predicted molar refractivity (Wildman–Crippen MR) is 128 cm³/mol. The summed E-state index contributed by atoms with van der Waals surface area (Å²) < 4.78 is 0. The molecule has 1 N–H and O–H groups in total. The van der Waals surface area contributed by atoms with Crippen LogP contribution in [0.15, 0.2) is 23.8 Å². The molecule has 3 saturated carbocycles. The number of rotatable bonds is 5. The van der Waals surface area contributed by atoms with E-state index >= 15 is 0 Å². The van der Waals surface area contributed by atoms with Gasteiger partial charge in [-0.1, -0.05) is 65.3 Å². The Morgan fingerprint density at radius 2 is 1.83 bits per heavy atom. The predicted octanol–water partition coefficient (Wildman–Crippen LogP) is 7.80. The fourth-order valence-electron chi connectivity index (χ4n) is 8.69. The average molecular weight is 413 g/mol. The molecular weight excluding hydrogens is 364 g/mol. The summed E-state index contributed by atoms with van der Waals surface area (Å²) in [4.78, 5) is 0.